The lowest BCUT2D eigenvalue weighted by Crippen LogP contribution is -2.45. The van der Waals surface area contributed by atoms with Crippen molar-refractivity contribution in [2.45, 2.75) is 38.6 Å². The van der Waals surface area contributed by atoms with E-state index in [0.29, 0.717) is 21.1 Å². The molecule has 0 aromatic heterocycles. The summed E-state index contributed by atoms with van der Waals surface area (Å²) in [5.74, 6) is 0. The summed E-state index contributed by atoms with van der Waals surface area (Å²) in [6.07, 6.45) is 4.77. The fourth-order valence-electron chi connectivity index (χ4n) is 2.93. The van der Waals surface area contributed by atoms with E-state index in [1.54, 1.807) is 6.07 Å². The molecule has 1 aliphatic heterocycles. The molecule has 1 fully saturated rings. The first-order chi connectivity index (χ1) is 10.1. The number of piperazine rings is 1. The monoisotopic (exact) mass is 348 g/mol. The van der Waals surface area contributed by atoms with Gasteiger partial charge in [0.1, 0.15) is 0 Å². The molecule has 1 aromatic carbocycles. The van der Waals surface area contributed by atoms with Crippen molar-refractivity contribution in [3.63, 3.8) is 0 Å². The first-order valence-electron chi connectivity index (χ1n) is 7.72. The predicted molar refractivity (Wildman–Crippen MR) is 92.8 cm³/mol. The molecular formula is C16H23Cl3N2. The van der Waals surface area contributed by atoms with Gasteiger partial charge in [-0.25, -0.2) is 0 Å². The molecule has 0 saturated carbocycles. The van der Waals surface area contributed by atoms with E-state index in [-0.39, 0.29) is 0 Å². The topological polar surface area (TPSA) is 15.3 Å². The second-order valence-electron chi connectivity index (χ2n) is 5.59. The van der Waals surface area contributed by atoms with Crippen molar-refractivity contribution in [1.29, 1.82) is 0 Å². The molecule has 1 aliphatic rings. The smallest absolute Gasteiger partial charge is 0.0641 e. The average Bonchev–Trinajstić information content (AvgIpc) is 2.49. The minimum Gasteiger partial charge on any atom is -0.314 e. The number of unbranched alkanes of at least 4 members (excludes halogenated alkanes) is 2. The first kappa shape index (κ1) is 17.4. The highest BCUT2D eigenvalue weighted by Crippen LogP contribution is 2.38. The number of nitrogens with one attached hydrogen (secondary N) is 1. The summed E-state index contributed by atoms with van der Waals surface area (Å²) in [6, 6.07) is 4.01. The van der Waals surface area contributed by atoms with Crippen LogP contribution in [0, 0.1) is 0 Å². The predicted octanol–water partition coefficient (Wildman–Crippen LogP) is 5.17. The van der Waals surface area contributed by atoms with Crippen LogP contribution in [0.15, 0.2) is 12.1 Å². The van der Waals surface area contributed by atoms with Gasteiger partial charge in [-0.2, -0.15) is 0 Å². The summed E-state index contributed by atoms with van der Waals surface area (Å²) in [6.45, 7) is 6.35. The number of halogens is 3. The fraction of sp³-hybridized carbons (Fsp3) is 0.625. The van der Waals surface area contributed by atoms with E-state index in [0.717, 1.165) is 38.2 Å². The summed E-state index contributed by atoms with van der Waals surface area (Å²) in [4.78, 5) is 2.50. The first-order valence-corrected chi connectivity index (χ1v) is 8.86. The van der Waals surface area contributed by atoms with Crippen LogP contribution in [-0.4, -0.2) is 31.1 Å². The molecule has 1 N–H and O–H groups in total. The Hall–Kier alpha value is 0.01000. The lowest BCUT2D eigenvalue weighted by atomic mass is 9.98. The van der Waals surface area contributed by atoms with Gasteiger partial charge in [0.2, 0.25) is 0 Å². The van der Waals surface area contributed by atoms with Gasteiger partial charge >= 0.3 is 0 Å². The Kier molecular flexibility index (Phi) is 7.11. The molecule has 118 valence electrons. The van der Waals surface area contributed by atoms with Crippen LogP contribution < -0.4 is 5.32 Å². The summed E-state index contributed by atoms with van der Waals surface area (Å²) in [7, 11) is 0. The van der Waals surface area contributed by atoms with Crippen molar-refractivity contribution < 1.29 is 0 Å². The van der Waals surface area contributed by atoms with Gasteiger partial charge in [-0.05, 0) is 24.1 Å². The summed E-state index contributed by atoms with van der Waals surface area (Å²) >= 11 is 18.9. The second-order valence-corrected chi connectivity index (χ2v) is 6.81. The molecule has 1 heterocycles. The molecule has 2 nitrogen and oxygen atoms in total. The molecular weight excluding hydrogens is 327 g/mol. The van der Waals surface area contributed by atoms with Crippen molar-refractivity contribution in [3.05, 3.63) is 32.8 Å². The summed E-state index contributed by atoms with van der Waals surface area (Å²) in [5, 5.41) is 5.27. The molecule has 1 saturated heterocycles. The molecule has 5 heteroatoms. The number of hydrogen-bond acceptors (Lipinski definition) is 2. The quantitative estimate of drug-likeness (QED) is 0.563. The highest BCUT2D eigenvalue weighted by atomic mass is 35.5. The van der Waals surface area contributed by atoms with Crippen LogP contribution in [0.2, 0.25) is 15.1 Å². The van der Waals surface area contributed by atoms with Crippen molar-refractivity contribution in [1.82, 2.24) is 10.2 Å². The summed E-state index contributed by atoms with van der Waals surface area (Å²) in [5.41, 5.74) is 1.08. The third kappa shape index (κ3) is 4.74. The van der Waals surface area contributed by atoms with Gasteiger partial charge < -0.3 is 5.32 Å². The van der Waals surface area contributed by atoms with Gasteiger partial charge in [-0.15, -0.1) is 0 Å². The summed E-state index contributed by atoms with van der Waals surface area (Å²) < 4.78 is 0. The standard InChI is InChI=1S/C16H23Cl3N2/c1-2-3-4-5-15(21-8-6-20-7-9-21)13-10-12(17)11-14(18)16(13)19/h10-11,15,20H,2-9H2,1H3/t15-/m1/s1. The minimum atomic E-state index is 0.308. The van der Waals surface area contributed by atoms with E-state index >= 15 is 0 Å². The van der Waals surface area contributed by atoms with Gasteiger partial charge in [-0.3, -0.25) is 4.90 Å². The van der Waals surface area contributed by atoms with Crippen LogP contribution in [0.1, 0.15) is 44.2 Å². The van der Waals surface area contributed by atoms with Gasteiger partial charge in [0.05, 0.1) is 10.0 Å². The zero-order valence-corrected chi connectivity index (χ0v) is 14.7. The maximum absolute atomic E-state index is 6.46. The molecule has 2 rings (SSSR count). The number of benzene rings is 1. The Morgan fingerprint density at radius 1 is 1.14 bits per heavy atom. The highest BCUT2D eigenvalue weighted by Gasteiger charge is 2.25. The van der Waals surface area contributed by atoms with Crippen LogP contribution in [-0.2, 0) is 0 Å². The average molecular weight is 350 g/mol. The van der Waals surface area contributed by atoms with Crippen molar-refractivity contribution in [2.75, 3.05) is 26.2 Å². The van der Waals surface area contributed by atoms with Gasteiger partial charge in [0, 0.05) is 37.2 Å². The lowest BCUT2D eigenvalue weighted by molar-refractivity contribution is 0.163. The molecule has 1 atom stereocenters. The van der Waals surface area contributed by atoms with E-state index in [1.165, 1.54) is 19.3 Å². The van der Waals surface area contributed by atoms with Crippen molar-refractivity contribution in [3.8, 4) is 0 Å². The molecule has 1 aromatic rings. The maximum atomic E-state index is 6.46. The van der Waals surface area contributed by atoms with Crippen LogP contribution in [0.4, 0.5) is 0 Å². The molecule has 0 radical (unpaired) electrons. The Labute approximate surface area is 142 Å². The normalized spacial score (nSPS) is 17.9. The zero-order valence-electron chi connectivity index (χ0n) is 12.5. The van der Waals surface area contributed by atoms with Crippen LogP contribution >= 0.6 is 34.8 Å². The zero-order chi connectivity index (χ0) is 15.2. The van der Waals surface area contributed by atoms with Gasteiger partial charge in [0.25, 0.3) is 0 Å². The van der Waals surface area contributed by atoms with E-state index in [9.17, 15) is 0 Å². The Bertz CT molecular complexity index is 459. The van der Waals surface area contributed by atoms with Crippen LogP contribution in [0.3, 0.4) is 0 Å². The van der Waals surface area contributed by atoms with Gasteiger partial charge in [0.15, 0.2) is 0 Å². The molecule has 21 heavy (non-hydrogen) atoms. The van der Waals surface area contributed by atoms with E-state index in [2.05, 4.69) is 17.1 Å². The van der Waals surface area contributed by atoms with Crippen LogP contribution in [0.5, 0.6) is 0 Å². The Balaban J connectivity index is 2.24. The fourth-order valence-corrected chi connectivity index (χ4v) is 3.68. The molecule has 0 aliphatic carbocycles. The Morgan fingerprint density at radius 2 is 1.86 bits per heavy atom. The minimum absolute atomic E-state index is 0.308. The Morgan fingerprint density at radius 3 is 2.52 bits per heavy atom. The maximum Gasteiger partial charge on any atom is 0.0641 e. The lowest BCUT2D eigenvalue weighted by Gasteiger charge is -2.36. The SMILES string of the molecule is CCCCC[C@H](c1cc(Cl)cc(Cl)c1Cl)N1CCNCC1. The van der Waals surface area contributed by atoms with E-state index in [4.69, 9.17) is 34.8 Å². The van der Waals surface area contributed by atoms with E-state index in [1.807, 2.05) is 6.07 Å². The van der Waals surface area contributed by atoms with Crippen molar-refractivity contribution >= 4 is 34.8 Å². The van der Waals surface area contributed by atoms with Gasteiger partial charge in [-0.1, -0.05) is 61.0 Å². The molecule has 0 bridgehead atoms. The van der Waals surface area contributed by atoms with Crippen molar-refractivity contribution in [2.24, 2.45) is 0 Å². The number of rotatable bonds is 6. The molecule has 0 amide bonds. The van der Waals surface area contributed by atoms with E-state index < -0.39 is 0 Å². The third-order valence-electron chi connectivity index (χ3n) is 4.05. The van der Waals surface area contributed by atoms with Crippen LogP contribution in [0.25, 0.3) is 0 Å². The number of nitrogens with zero attached hydrogens (tertiary/aromatic N) is 1. The largest absolute Gasteiger partial charge is 0.314 e. The third-order valence-corrected chi connectivity index (χ3v) is 5.09. The second kappa shape index (κ2) is 8.59. The molecule has 0 unspecified atom stereocenters. The number of hydrogen-bond donors (Lipinski definition) is 1. The highest BCUT2D eigenvalue weighted by molar-refractivity contribution is 6.43. The molecule has 0 spiro atoms.